The smallest absolute Gasteiger partial charge is 0.239 e. The van der Waals surface area contributed by atoms with Crippen LogP contribution in [0.1, 0.15) is 13.3 Å². The number of aliphatic hydroxyl groups excluding tert-OH is 1. The van der Waals surface area contributed by atoms with Crippen LogP contribution in [0.4, 0.5) is 0 Å². The number of piperidine rings is 1. The Morgan fingerprint density at radius 2 is 2.58 bits per heavy atom. The molecule has 2 heterocycles. The molecule has 0 radical (unpaired) electrons. The molecule has 1 saturated carbocycles. The van der Waals surface area contributed by atoms with E-state index in [0.29, 0.717) is 6.04 Å². The summed E-state index contributed by atoms with van der Waals surface area (Å²) in [5.41, 5.74) is 2.92. The third kappa shape index (κ3) is 0.473. The van der Waals surface area contributed by atoms with Crippen molar-refractivity contribution >= 4 is 5.91 Å². The van der Waals surface area contributed by atoms with E-state index in [4.69, 9.17) is 5.11 Å². The van der Waals surface area contributed by atoms with E-state index in [1.807, 2.05) is 5.01 Å². The Labute approximate surface area is 70.5 Å². The number of hydrogen-bond donors (Lipinski definition) is 2. The number of rotatable bonds is 1. The second-order valence-electron chi connectivity index (χ2n) is 4.24. The molecule has 1 amide bonds. The lowest BCUT2D eigenvalue weighted by Crippen LogP contribution is -2.34. The number of hydrogen-bond acceptors (Lipinski definition) is 3. The van der Waals surface area contributed by atoms with Gasteiger partial charge in [-0.3, -0.25) is 10.2 Å². The van der Waals surface area contributed by atoms with Crippen molar-refractivity contribution in [2.45, 2.75) is 24.9 Å². The Morgan fingerprint density at radius 3 is 3.08 bits per heavy atom. The third-order valence-corrected chi connectivity index (χ3v) is 3.86. The Kier molecular flexibility index (Phi) is 0.957. The van der Waals surface area contributed by atoms with Gasteiger partial charge in [0, 0.05) is 12.5 Å². The van der Waals surface area contributed by atoms with Gasteiger partial charge in [0.2, 0.25) is 5.91 Å². The molecule has 5 atom stereocenters. The molecule has 2 saturated heterocycles. The van der Waals surface area contributed by atoms with Crippen molar-refractivity contribution in [1.29, 1.82) is 0 Å². The maximum atomic E-state index is 11.2. The molecule has 3 fully saturated rings. The van der Waals surface area contributed by atoms with Gasteiger partial charge in [-0.15, -0.1) is 0 Å². The first kappa shape index (κ1) is 6.86. The van der Waals surface area contributed by atoms with Crippen LogP contribution >= 0.6 is 0 Å². The van der Waals surface area contributed by atoms with Crippen molar-refractivity contribution in [2.75, 3.05) is 6.61 Å². The molecule has 66 valence electrons. The molecule has 4 nitrogen and oxygen atoms in total. The second kappa shape index (κ2) is 1.67. The number of amides is 1. The van der Waals surface area contributed by atoms with Crippen molar-refractivity contribution in [3.8, 4) is 0 Å². The first-order chi connectivity index (χ1) is 5.69. The molecule has 1 aliphatic carbocycles. The zero-order valence-corrected chi connectivity index (χ0v) is 6.95. The zero-order valence-electron chi connectivity index (χ0n) is 6.95. The van der Waals surface area contributed by atoms with Crippen LogP contribution in [-0.2, 0) is 4.79 Å². The third-order valence-electron chi connectivity index (χ3n) is 3.86. The van der Waals surface area contributed by atoms with Crippen LogP contribution in [0.2, 0.25) is 0 Å². The lowest BCUT2D eigenvalue weighted by molar-refractivity contribution is -0.124. The molecular formula is C8H12N2O2. The van der Waals surface area contributed by atoms with Gasteiger partial charge in [0.15, 0.2) is 0 Å². The summed E-state index contributed by atoms with van der Waals surface area (Å²) in [7, 11) is 0. The van der Waals surface area contributed by atoms with E-state index < -0.39 is 0 Å². The van der Waals surface area contributed by atoms with Crippen molar-refractivity contribution in [3.05, 3.63) is 0 Å². The highest BCUT2D eigenvalue weighted by molar-refractivity contribution is 5.84. The van der Waals surface area contributed by atoms with E-state index in [1.165, 1.54) is 0 Å². The molecular weight excluding hydrogens is 156 g/mol. The van der Waals surface area contributed by atoms with Gasteiger partial charge in [-0.25, -0.2) is 5.01 Å². The second-order valence-corrected chi connectivity index (χ2v) is 4.24. The summed E-state index contributed by atoms with van der Waals surface area (Å²) >= 11 is 0. The number of carbonyl (C=O) groups is 1. The minimum atomic E-state index is 0.0767. The number of nitrogens with one attached hydrogen (secondary N) is 1. The van der Waals surface area contributed by atoms with Crippen LogP contribution in [0.5, 0.6) is 0 Å². The molecule has 3 aliphatic rings. The SMILES string of the molecule is CC12C(CO)CC3C(=O)NN1C32. The molecule has 0 aromatic heterocycles. The molecule has 5 unspecified atom stereocenters. The molecule has 0 bridgehead atoms. The van der Waals surface area contributed by atoms with E-state index in [2.05, 4.69) is 12.3 Å². The molecule has 0 spiro atoms. The average molecular weight is 168 g/mol. The van der Waals surface area contributed by atoms with Crippen LogP contribution in [0.15, 0.2) is 0 Å². The fourth-order valence-corrected chi connectivity index (χ4v) is 3.03. The Morgan fingerprint density at radius 1 is 1.83 bits per heavy atom. The summed E-state index contributed by atoms with van der Waals surface area (Å²) < 4.78 is 0. The standard InChI is InChI=1S/C8H12N2O2/c1-8-4(3-11)2-5-6(8)10(8)9-7(5)12/h4-6,11H,2-3H2,1H3,(H,9,12). The summed E-state index contributed by atoms with van der Waals surface area (Å²) in [6.07, 6.45) is 0.861. The van der Waals surface area contributed by atoms with E-state index in [9.17, 15) is 4.79 Å². The lowest BCUT2D eigenvalue weighted by Gasteiger charge is -2.16. The fourth-order valence-electron chi connectivity index (χ4n) is 3.03. The molecule has 0 aromatic rings. The molecule has 3 rings (SSSR count). The van der Waals surface area contributed by atoms with Crippen molar-refractivity contribution < 1.29 is 9.90 Å². The molecule has 0 aromatic carbocycles. The summed E-state index contributed by atoms with van der Waals surface area (Å²) in [4.78, 5) is 11.2. The quantitative estimate of drug-likeness (QED) is 0.499. The van der Waals surface area contributed by atoms with Gasteiger partial charge in [-0.1, -0.05) is 0 Å². The van der Waals surface area contributed by atoms with E-state index in [0.717, 1.165) is 6.42 Å². The summed E-state index contributed by atoms with van der Waals surface area (Å²) in [5.74, 6) is 0.576. The predicted octanol–water partition coefficient (Wildman–Crippen LogP) is -0.897. The normalized spacial score (nSPS) is 60.0. The van der Waals surface area contributed by atoms with E-state index >= 15 is 0 Å². The minimum Gasteiger partial charge on any atom is -0.396 e. The van der Waals surface area contributed by atoms with Gasteiger partial charge in [0.1, 0.15) is 0 Å². The number of nitrogens with zero attached hydrogens (tertiary/aromatic N) is 1. The van der Waals surface area contributed by atoms with Crippen LogP contribution in [0, 0.1) is 11.8 Å². The Bertz CT molecular complexity index is 268. The highest BCUT2D eigenvalue weighted by Crippen LogP contribution is 2.60. The first-order valence-corrected chi connectivity index (χ1v) is 4.40. The summed E-state index contributed by atoms with van der Waals surface area (Å²) in [6, 6.07) is 0.377. The minimum absolute atomic E-state index is 0.0767. The van der Waals surface area contributed by atoms with E-state index in [-0.39, 0.29) is 29.9 Å². The highest BCUT2D eigenvalue weighted by Gasteiger charge is 2.76. The number of fused-ring (bicyclic) bond motifs is 1. The summed E-state index contributed by atoms with van der Waals surface area (Å²) in [6.45, 7) is 2.33. The van der Waals surface area contributed by atoms with Crippen molar-refractivity contribution in [2.24, 2.45) is 11.8 Å². The van der Waals surface area contributed by atoms with Gasteiger partial charge in [0.05, 0.1) is 17.5 Å². The average Bonchev–Trinajstić information content (AvgIpc) is 2.42. The van der Waals surface area contributed by atoms with Crippen LogP contribution in [0.3, 0.4) is 0 Å². The Balaban J connectivity index is 1.97. The highest BCUT2D eigenvalue weighted by atomic mass is 16.3. The first-order valence-electron chi connectivity index (χ1n) is 4.40. The summed E-state index contributed by atoms with van der Waals surface area (Å²) in [5, 5.41) is 11.1. The van der Waals surface area contributed by atoms with Gasteiger partial charge in [0.25, 0.3) is 0 Å². The molecule has 12 heavy (non-hydrogen) atoms. The van der Waals surface area contributed by atoms with Crippen LogP contribution in [0.25, 0.3) is 0 Å². The maximum Gasteiger partial charge on any atom is 0.239 e. The van der Waals surface area contributed by atoms with Crippen molar-refractivity contribution in [3.63, 3.8) is 0 Å². The predicted molar refractivity (Wildman–Crippen MR) is 40.9 cm³/mol. The molecule has 2 N–H and O–H groups in total. The molecule has 2 aliphatic heterocycles. The topological polar surface area (TPSA) is 52.3 Å². The lowest BCUT2D eigenvalue weighted by atomic mass is 9.97. The maximum absolute atomic E-state index is 11.2. The van der Waals surface area contributed by atoms with Gasteiger partial charge in [-0.2, -0.15) is 0 Å². The van der Waals surface area contributed by atoms with Gasteiger partial charge in [-0.05, 0) is 13.3 Å². The van der Waals surface area contributed by atoms with E-state index in [1.54, 1.807) is 0 Å². The Hall–Kier alpha value is -0.610. The number of carbonyl (C=O) groups excluding carboxylic acids is 1. The van der Waals surface area contributed by atoms with Crippen LogP contribution < -0.4 is 5.43 Å². The van der Waals surface area contributed by atoms with Gasteiger partial charge >= 0.3 is 0 Å². The van der Waals surface area contributed by atoms with Crippen molar-refractivity contribution in [1.82, 2.24) is 10.4 Å². The van der Waals surface area contributed by atoms with Gasteiger partial charge < -0.3 is 5.11 Å². The zero-order chi connectivity index (χ0) is 8.51. The number of hydrazine groups is 1. The fraction of sp³-hybridized carbons (Fsp3) is 0.875. The largest absolute Gasteiger partial charge is 0.396 e. The molecule has 4 heteroatoms. The van der Waals surface area contributed by atoms with Crippen LogP contribution in [-0.4, -0.2) is 34.2 Å². The number of aliphatic hydroxyl groups is 1. The monoisotopic (exact) mass is 168 g/mol.